The molecule has 0 N–H and O–H groups in total. The van der Waals surface area contributed by atoms with Crippen molar-refractivity contribution in [2.24, 2.45) is 0 Å². The van der Waals surface area contributed by atoms with Gasteiger partial charge in [0.1, 0.15) is 5.54 Å². The number of benzene rings is 1. The molecule has 0 radical (unpaired) electrons. The van der Waals surface area contributed by atoms with Crippen LogP contribution in [0.15, 0.2) is 30.3 Å². The predicted molar refractivity (Wildman–Crippen MR) is 66.9 cm³/mol. The smallest absolute Gasteiger partial charge is 0.332 e. The van der Waals surface area contributed by atoms with E-state index in [0.717, 1.165) is 18.4 Å². The van der Waals surface area contributed by atoms with E-state index in [9.17, 15) is 9.59 Å². The Morgan fingerprint density at radius 3 is 2.78 bits per heavy atom. The molecule has 0 aliphatic carbocycles. The highest BCUT2D eigenvalue weighted by Crippen LogP contribution is 2.32. The van der Waals surface area contributed by atoms with Crippen LogP contribution in [0.3, 0.4) is 0 Å². The zero-order chi connectivity index (χ0) is 13.0. The van der Waals surface area contributed by atoms with Gasteiger partial charge in [-0.1, -0.05) is 30.3 Å². The molecule has 1 aliphatic rings. The third-order valence-electron chi connectivity index (χ3n) is 3.57. The number of hydrogen-bond acceptors (Lipinski definition) is 3. The highest BCUT2D eigenvalue weighted by atomic mass is 16.5. The number of carbonyl (C=O) groups excluding carboxylic acids is 2. The quantitative estimate of drug-likeness (QED) is 0.596. The summed E-state index contributed by atoms with van der Waals surface area (Å²) in [7, 11) is 1.37. The van der Waals surface area contributed by atoms with Crippen LogP contribution in [0.2, 0.25) is 0 Å². The van der Waals surface area contributed by atoms with Crippen molar-refractivity contribution in [3.8, 4) is 0 Å². The van der Waals surface area contributed by atoms with Gasteiger partial charge in [0.05, 0.1) is 7.11 Å². The molecule has 96 valence electrons. The van der Waals surface area contributed by atoms with E-state index in [-0.39, 0.29) is 5.97 Å². The Hall–Kier alpha value is -1.84. The van der Waals surface area contributed by atoms with E-state index in [0.29, 0.717) is 19.4 Å². The molecule has 1 saturated heterocycles. The lowest BCUT2D eigenvalue weighted by atomic mass is 9.88. The second kappa shape index (κ2) is 5.21. The average Bonchev–Trinajstić information content (AvgIpc) is 2.83. The number of likely N-dealkylation sites (tertiary alicyclic amines) is 1. The van der Waals surface area contributed by atoms with Crippen molar-refractivity contribution in [1.29, 1.82) is 0 Å². The molecule has 1 amide bonds. The number of ether oxygens (including phenoxy) is 1. The van der Waals surface area contributed by atoms with E-state index < -0.39 is 5.54 Å². The molecule has 1 heterocycles. The van der Waals surface area contributed by atoms with Crippen molar-refractivity contribution in [1.82, 2.24) is 4.90 Å². The molecule has 0 bridgehead atoms. The van der Waals surface area contributed by atoms with Crippen LogP contribution in [-0.4, -0.2) is 36.5 Å². The third kappa shape index (κ3) is 2.10. The van der Waals surface area contributed by atoms with Gasteiger partial charge in [-0.3, -0.25) is 4.79 Å². The Morgan fingerprint density at radius 2 is 2.17 bits per heavy atom. The largest absolute Gasteiger partial charge is 0.467 e. The molecule has 1 fully saturated rings. The van der Waals surface area contributed by atoms with Crippen LogP contribution in [0.25, 0.3) is 0 Å². The summed E-state index contributed by atoms with van der Waals surface area (Å²) in [5.74, 6) is -0.323. The molecular formula is C14H17NO3. The van der Waals surface area contributed by atoms with Crippen LogP contribution >= 0.6 is 0 Å². The lowest BCUT2D eigenvalue weighted by molar-refractivity contribution is -0.156. The molecule has 0 saturated carbocycles. The minimum Gasteiger partial charge on any atom is -0.467 e. The van der Waals surface area contributed by atoms with E-state index in [2.05, 4.69) is 0 Å². The molecule has 1 aliphatic heterocycles. The minimum absolute atomic E-state index is 0.323. The van der Waals surface area contributed by atoms with Crippen molar-refractivity contribution in [2.45, 2.75) is 24.8 Å². The number of rotatable bonds is 4. The van der Waals surface area contributed by atoms with E-state index in [1.807, 2.05) is 30.3 Å². The van der Waals surface area contributed by atoms with Gasteiger partial charge in [0.25, 0.3) is 0 Å². The summed E-state index contributed by atoms with van der Waals surface area (Å²) in [6.45, 7) is 0.617. The summed E-state index contributed by atoms with van der Waals surface area (Å²) in [5.41, 5.74) is 0.217. The highest BCUT2D eigenvalue weighted by Gasteiger charge is 2.48. The zero-order valence-electron chi connectivity index (χ0n) is 10.5. The van der Waals surface area contributed by atoms with Gasteiger partial charge in [-0.05, 0) is 18.4 Å². The van der Waals surface area contributed by atoms with Gasteiger partial charge in [0.15, 0.2) is 0 Å². The Labute approximate surface area is 107 Å². The van der Waals surface area contributed by atoms with Crippen LogP contribution in [0.1, 0.15) is 18.4 Å². The van der Waals surface area contributed by atoms with Crippen LogP contribution < -0.4 is 0 Å². The van der Waals surface area contributed by atoms with Crippen LogP contribution in [0.5, 0.6) is 0 Å². The van der Waals surface area contributed by atoms with E-state index >= 15 is 0 Å². The van der Waals surface area contributed by atoms with Gasteiger partial charge in [-0.25, -0.2) is 4.79 Å². The lowest BCUT2D eigenvalue weighted by Gasteiger charge is -2.33. The maximum atomic E-state index is 12.1. The summed E-state index contributed by atoms with van der Waals surface area (Å²) in [5, 5.41) is 0. The second-order valence-electron chi connectivity index (χ2n) is 4.59. The summed E-state index contributed by atoms with van der Waals surface area (Å²) >= 11 is 0. The summed E-state index contributed by atoms with van der Waals surface area (Å²) in [6, 6.07) is 9.72. The van der Waals surface area contributed by atoms with Crippen molar-refractivity contribution >= 4 is 12.4 Å². The van der Waals surface area contributed by atoms with Crippen LogP contribution in [-0.2, 0) is 20.7 Å². The fraction of sp³-hybridized carbons (Fsp3) is 0.429. The Kier molecular flexibility index (Phi) is 3.65. The fourth-order valence-electron chi connectivity index (χ4n) is 2.66. The molecule has 4 nitrogen and oxygen atoms in total. The number of carbonyl (C=O) groups is 2. The molecule has 1 aromatic carbocycles. The Bertz CT molecular complexity index is 432. The third-order valence-corrected chi connectivity index (χ3v) is 3.57. The first kappa shape index (κ1) is 12.6. The maximum Gasteiger partial charge on any atom is 0.332 e. The summed E-state index contributed by atoms with van der Waals surface area (Å²) < 4.78 is 4.90. The SMILES string of the molecule is COC(=O)[C@]1(Cc2ccccc2)CCCN1C=O. The van der Waals surface area contributed by atoms with Gasteiger partial charge >= 0.3 is 5.97 Å². The first-order chi connectivity index (χ1) is 8.73. The van der Waals surface area contributed by atoms with Gasteiger partial charge in [0.2, 0.25) is 6.41 Å². The van der Waals surface area contributed by atoms with Crippen LogP contribution in [0.4, 0.5) is 0 Å². The number of esters is 1. The minimum atomic E-state index is -0.822. The zero-order valence-corrected chi connectivity index (χ0v) is 10.5. The van der Waals surface area contributed by atoms with Crippen molar-refractivity contribution in [3.05, 3.63) is 35.9 Å². The fourth-order valence-corrected chi connectivity index (χ4v) is 2.66. The number of methoxy groups -OCH3 is 1. The molecule has 4 heteroatoms. The van der Waals surface area contributed by atoms with Gasteiger partial charge in [-0.15, -0.1) is 0 Å². The predicted octanol–water partition coefficient (Wildman–Crippen LogP) is 1.39. The molecule has 0 aromatic heterocycles. The second-order valence-corrected chi connectivity index (χ2v) is 4.59. The Balaban J connectivity index is 2.31. The van der Waals surface area contributed by atoms with Crippen molar-refractivity contribution in [2.75, 3.05) is 13.7 Å². The summed E-state index contributed by atoms with van der Waals surface area (Å²) in [6.07, 6.45) is 2.76. The topological polar surface area (TPSA) is 46.6 Å². The number of hydrogen-bond donors (Lipinski definition) is 0. The van der Waals surface area contributed by atoms with Gasteiger partial charge < -0.3 is 9.64 Å². The molecule has 18 heavy (non-hydrogen) atoms. The van der Waals surface area contributed by atoms with Crippen LogP contribution in [0, 0.1) is 0 Å². The van der Waals surface area contributed by atoms with E-state index in [4.69, 9.17) is 4.74 Å². The molecular weight excluding hydrogens is 230 g/mol. The monoisotopic (exact) mass is 247 g/mol. The molecule has 0 unspecified atom stereocenters. The summed E-state index contributed by atoms with van der Waals surface area (Å²) in [4.78, 5) is 24.8. The standard InChI is InChI=1S/C14H17NO3/c1-18-13(17)14(8-5-9-15(14)11-16)10-12-6-3-2-4-7-12/h2-4,6-7,11H,5,8-10H2,1H3/t14-/m1/s1. The molecule has 2 rings (SSSR count). The molecule has 0 spiro atoms. The molecule has 1 atom stereocenters. The normalized spacial score (nSPS) is 22.8. The van der Waals surface area contributed by atoms with E-state index in [1.54, 1.807) is 4.90 Å². The first-order valence-electron chi connectivity index (χ1n) is 6.07. The van der Waals surface area contributed by atoms with Gasteiger partial charge in [0, 0.05) is 13.0 Å². The first-order valence-corrected chi connectivity index (χ1v) is 6.07. The number of nitrogens with zero attached hydrogens (tertiary/aromatic N) is 1. The average molecular weight is 247 g/mol. The molecule has 1 aromatic rings. The van der Waals surface area contributed by atoms with E-state index in [1.165, 1.54) is 7.11 Å². The van der Waals surface area contributed by atoms with Crippen molar-refractivity contribution < 1.29 is 14.3 Å². The lowest BCUT2D eigenvalue weighted by Crippen LogP contribution is -2.52. The maximum absolute atomic E-state index is 12.1. The highest BCUT2D eigenvalue weighted by molar-refractivity contribution is 5.84. The van der Waals surface area contributed by atoms with Crippen molar-refractivity contribution in [3.63, 3.8) is 0 Å². The number of amides is 1. The van der Waals surface area contributed by atoms with Gasteiger partial charge in [-0.2, -0.15) is 0 Å². The Morgan fingerprint density at radius 1 is 1.44 bits per heavy atom.